The fraction of sp³-hybridized carbons (Fsp3) is 1.00. The molecule has 0 N–H and O–H groups in total. The van der Waals surface area contributed by atoms with E-state index in [1.165, 1.54) is 0 Å². The topological polar surface area (TPSA) is 253 Å². The van der Waals surface area contributed by atoms with E-state index >= 15 is 0 Å². The van der Waals surface area contributed by atoms with Crippen molar-refractivity contribution in [1.29, 1.82) is 0 Å². The van der Waals surface area contributed by atoms with Crippen molar-refractivity contribution < 1.29 is 128 Å². The highest BCUT2D eigenvalue weighted by Gasteiger charge is 2.38. The molecule has 1 saturated heterocycles. The van der Waals surface area contributed by atoms with Gasteiger partial charge in [-0.2, -0.15) is 0 Å². The molecule has 0 spiro atoms. The largest absolute Gasteiger partial charge is 0.382 e. The third-order valence-corrected chi connectivity index (χ3v) is 10.3. The predicted molar refractivity (Wildman–Crippen MR) is 292 cm³/mol. The molecule has 27 nitrogen and oxygen atoms in total. The van der Waals surface area contributed by atoms with Crippen molar-refractivity contribution in [2.24, 2.45) is 0 Å². The fourth-order valence-corrected chi connectivity index (χ4v) is 5.99. The van der Waals surface area contributed by atoms with Crippen LogP contribution in [0.2, 0.25) is 0 Å². The predicted octanol–water partition coefficient (Wildman–Crippen LogP) is 0.445. The summed E-state index contributed by atoms with van der Waals surface area (Å²) in [5.41, 5.74) is 0. The van der Waals surface area contributed by atoms with E-state index in [4.69, 9.17) is 128 Å². The average molecular weight is 1190 g/mol. The van der Waals surface area contributed by atoms with Crippen LogP contribution in [0.15, 0.2) is 0 Å². The summed E-state index contributed by atoms with van der Waals surface area (Å²) in [7, 11) is 3.29. The Morgan fingerprint density at radius 3 is 0.358 bits per heavy atom. The lowest BCUT2D eigenvalue weighted by Gasteiger charge is -2.09. The smallest absolute Gasteiger partial charge is 0.110 e. The van der Waals surface area contributed by atoms with E-state index in [9.17, 15) is 0 Å². The Bertz CT molecular complexity index is 1050. The van der Waals surface area contributed by atoms with Gasteiger partial charge >= 0.3 is 0 Å². The highest BCUT2D eigenvalue weighted by Crippen LogP contribution is 2.22. The van der Waals surface area contributed by atoms with Gasteiger partial charge in [0.2, 0.25) is 0 Å². The van der Waals surface area contributed by atoms with Gasteiger partial charge in [0, 0.05) is 14.2 Å². The SMILES string of the molecule is COCCOCCOCCOCCOCCOCCOCCOCCOCCOCCOCCOCCOCC1OC1COCCOCCOCCOCCOCCOCCOCCOCCOCCOCCOCCOCCOC. The molecule has 1 rings (SSSR count). The van der Waals surface area contributed by atoms with Crippen molar-refractivity contribution in [3.63, 3.8) is 0 Å². The summed E-state index contributed by atoms with van der Waals surface area (Å²) < 4.78 is 147. The minimum Gasteiger partial charge on any atom is -0.382 e. The minimum atomic E-state index is 0.0494. The number of hydrogen-bond donors (Lipinski definition) is 0. The van der Waals surface area contributed by atoms with Gasteiger partial charge in [0.1, 0.15) is 12.2 Å². The first-order chi connectivity index (χ1) is 40.4. The molecule has 1 fully saturated rings. The van der Waals surface area contributed by atoms with Crippen LogP contribution in [0, 0.1) is 0 Å². The Balaban J connectivity index is 1.61. The zero-order chi connectivity index (χ0) is 57.6. The van der Waals surface area contributed by atoms with Crippen LogP contribution in [-0.2, 0) is 128 Å². The van der Waals surface area contributed by atoms with Gasteiger partial charge in [-0.25, -0.2) is 0 Å². The highest BCUT2D eigenvalue weighted by molar-refractivity contribution is 4.84. The molecule has 0 saturated carbocycles. The molecule has 486 valence electrons. The van der Waals surface area contributed by atoms with Crippen LogP contribution >= 0.6 is 0 Å². The molecular formula is C54H108O27. The quantitative estimate of drug-likeness (QED) is 0.0592. The lowest BCUT2D eigenvalue weighted by Crippen LogP contribution is -2.16. The molecule has 0 aromatic heterocycles. The van der Waals surface area contributed by atoms with Crippen LogP contribution in [0.25, 0.3) is 0 Å². The van der Waals surface area contributed by atoms with Gasteiger partial charge < -0.3 is 128 Å². The van der Waals surface area contributed by atoms with Gasteiger partial charge in [0.25, 0.3) is 0 Å². The van der Waals surface area contributed by atoms with E-state index in [2.05, 4.69) is 0 Å². The van der Waals surface area contributed by atoms with Crippen LogP contribution in [0.5, 0.6) is 0 Å². The number of methoxy groups -OCH3 is 2. The summed E-state index contributed by atoms with van der Waals surface area (Å²) in [5, 5.41) is 0. The Morgan fingerprint density at radius 1 is 0.148 bits per heavy atom. The first-order valence-electron chi connectivity index (χ1n) is 28.9. The molecule has 1 aliphatic rings. The summed E-state index contributed by atoms with van der Waals surface area (Å²) in [5.74, 6) is 0. The maximum atomic E-state index is 5.66. The molecule has 0 bridgehead atoms. The van der Waals surface area contributed by atoms with Crippen LogP contribution in [0.1, 0.15) is 0 Å². The molecular weight excluding hydrogens is 1080 g/mol. The average Bonchev–Trinajstić information content (AvgIpc) is 4.24. The van der Waals surface area contributed by atoms with Gasteiger partial charge in [0.05, 0.1) is 330 Å². The molecule has 81 heavy (non-hydrogen) atoms. The molecule has 0 radical (unpaired) electrons. The van der Waals surface area contributed by atoms with E-state index in [1.54, 1.807) is 14.2 Å². The molecule has 0 aliphatic carbocycles. The molecule has 0 aromatic rings. The molecule has 2 atom stereocenters. The van der Waals surface area contributed by atoms with E-state index in [0.717, 1.165) is 0 Å². The van der Waals surface area contributed by atoms with Crippen LogP contribution in [0.4, 0.5) is 0 Å². The van der Waals surface area contributed by atoms with Gasteiger partial charge in [-0.05, 0) is 0 Å². The Hall–Kier alpha value is -1.08. The van der Waals surface area contributed by atoms with Gasteiger partial charge in [-0.1, -0.05) is 0 Å². The minimum absolute atomic E-state index is 0.0494. The van der Waals surface area contributed by atoms with E-state index in [0.29, 0.717) is 330 Å². The molecule has 1 aliphatic heterocycles. The molecule has 0 amide bonds. The lowest BCUT2D eigenvalue weighted by atomic mass is 10.3. The number of rotatable bonds is 76. The van der Waals surface area contributed by atoms with E-state index < -0.39 is 0 Å². The van der Waals surface area contributed by atoms with Crippen molar-refractivity contribution in [2.75, 3.05) is 345 Å². The van der Waals surface area contributed by atoms with Crippen LogP contribution in [-0.4, -0.2) is 357 Å². The fourth-order valence-electron chi connectivity index (χ4n) is 5.99. The van der Waals surface area contributed by atoms with Crippen molar-refractivity contribution in [2.45, 2.75) is 12.2 Å². The van der Waals surface area contributed by atoms with Gasteiger partial charge in [0.15, 0.2) is 0 Å². The van der Waals surface area contributed by atoms with E-state index in [1.807, 2.05) is 0 Å². The first-order valence-corrected chi connectivity index (χ1v) is 28.9. The Morgan fingerprint density at radius 2 is 0.247 bits per heavy atom. The molecule has 1 heterocycles. The second-order valence-corrected chi connectivity index (χ2v) is 16.8. The standard InChI is InChI=1S/C54H108O27/c1-55-3-5-57-7-9-59-11-13-61-15-17-63-19-21-65-23-25-67-27-29-69-31-33-71-35-37-73-39-41-75-43-45-77-47-49-79-51-53-54(81-53)52-80-50-48-78-46-44-76-42-40-74-38-36-72-34-32-70-30-28-68-26-24-66-22-20-64-18-16-62-14-12-60-10-8-58-6-4-56-2/h53-54H,3-52H2,1-2H3. The maximum absolute atomic E-state index is 5.66. The highest BCUT2D eigenvalue weighted by atomic mass is 16.6. The second-order valence-electron chi connectivity index (χ2n) is 16.8. The molecule has 2 unspecified atom stereocenters. The maximum Gasteiger partial charge on any atom is 0.110 e. The molecule has 0 aromatic carbocycles. The van der Waals surface area contributed by atoms with E-state index in [-0.39, 0.29) is 12.2 Å². The third-order valence-electron chi connectivity index (χ3n) is 10.3. The Kier molecular flexibility index (Phi) is 68.7. The zero-order valence-corrected chi connectivity index (χ0v) is 49.5. The summed E-state index contributed by atoms with van der Waals surface area (Å²) in [6, 6.07) is 0. The van der Waals surface area contributed by atoms with Crippen LogP contribution < -0.4 is 0 Å². The van der Waals surface area contributed by atoms with Crippen molar-refractivity contribution in [1.82, 2.24) is 0 Å². The normalized spacial score (nSPS) is 14.3. The zero-order valence-electron chi connectivity index (χ0n) is 49.5. The summed E-state index contributed by atoms with van der Waals surface area (Å²) >= 11 is 0. The monoisotopic (exact) mass is 1190 g/mol. The summed E-state index contributed by atoms with van der Waals surface area (Å²) in [6.07, 6.45) is 0.0988. The summed E-state index contributed by atoms with van der Waals surface area (Å²) in [6.45, 7) is 25.4. The number of ether oxygens (including phenoxy) is 27. The second kappa shape index (κ2) is 71.4. The lowest BCUT2D eigenvalue weighted by molar-refractivity contribution is -0.0289. The molecule has 27 heteroatoms. The third kappa shape index (κ3) is 67.9. The summed E-state index contributed by atoms with van der Waals surface area (Å²) in [4.78, 5) is 0. The Labute approximate surface area is 483 Å². The van der Waals surface area contributed by atoms with Crippen molar-refractivity contribution in [3.8, 4) is 0 Å². The number of hydrogen-bond acceptors (Lipinski definition) is 27. The van der Waals surface area contributed by atoms with Gasteiger partial charge in [-0.15, -0.1) is 0 Å². The van der Waals surface area contributed by atoms with Crippen LogP contribution in [0.3, 0.4) is 0 Å². The van der Waals surface area contributed by atoms with Crippen molar-refractivity contribution >= 4 is 0 Å². The van der Waals surface area contributed by atoms with Crippen molar-refractivity contribution in [3.05, 3.63) is 0 Å². The van der Waals surface area contributed by atoms with Gasteiger partial charge in [-0.3, -0.25) is 0 Å². The number of epoxide rings is 1. The first kappa shape index (κ1) is 77.9.